The van der Waals surface area contributed by atoms with E-state index < -0.39 is 0 Å². The summed E-state index contributed by atoms with van der Waals surface area (Å²) in [6.07, 6.45) is 1.57. The van der Waals surface area contributed by atoms with Gasteiger partial charge in [0.25, 0.3) is 5.91 Å². The summed E-state index contributed by atoms with van der Waals surface area (Å²) in [4.78, 5) is 12.4. The maximum atomic E-state index is 12.4. The van der Waals surface area contributed by atoms with Crippen molar-refractivity contribution in [1.82, 2.24) is 5.43 Å². The number of nitrogens with zero attached hydrogens (tertiary/aromatic N) is 1. The normalized spacial score (nSPS) is 10.8. The van der Waals surface area contributed by atoms with Gasteiger partial charge in [-0.3, -0.25) is 4.79 Å². The first-order chi connectivity index (χ1) is 16.2. The van der Waals surface area contributed by atoms with Crippen LogP contribution in [0.4, 0.5) is 0 Å². The molecule has 4 aromatic carbocycles. The number of hydrogen-bond acceptors (Lipinski definition) is 5. The van der Waals surface area contributed by atoms with E-state index in [2.05, 4.69) is 34.8 Å². The lowest BCUT2D eigenvalue weighted by molar-refractivity contribution is 0.0954. The standard InChI is InChI=1S/C27H24N2O4/c1-31-24-14-22(15-25(16-24)32-2)27(30)29-28-17-19-10-12-23(13-11-19)33-18-21-8-5-7-20-6-3-4-9-26(20)21/h3-17H,18H2,1-2H3,(H,29,30)/b28-17+. The maximum absolute atomic E-state index is 12.4. The molecule has 6 nitrogen and oxygen atoms in total. The van der Waals surface area contributed by atoms with Gasteiger partial charge in [0.2, 0.25) is 0 Å². The summed E-state index contributed by atoms with van der Waals surface area (Å²) < 4.78 is 16.3. The van der Waals surface area contributed by atoms with Crippen LogP contribution in [0.1, 0.15) is 21.5 Å². The Morgan fingerprint density at radius 1 is 0.848 bits per heavy atom. The Hall–Kier alpha value is -4.32. The number of carbonyl (C=O) groups is 1. The smallest absolute Gasteiger partial charge is 0.271 e. The minimum atomic E-state index is -0.363. The van der Waals surface area contributed by atoms with Crippen LogP contribution in [0.25, 0.3) is 10.8 Å². The van der Waals surface area contributed by atoms with Crippen LogP contribution < -0.4 is 19.6 Å². The third-order valence-corrected chi connectivity index (χ3v) is 5.15. The van der Waals surface area contributed by atoms with E-state index in [1.807, 2.05) is 42.5 Å². The van der Waals surface area contributed by atoms with Crippen LogP contribution in [0.3, 0.4) is 0 Å². The van der Waals surface area contributed by atoms with Crippen LogP contribution in [0.5, 0.6) is 17.2 Å². The molecule has 0 saturated heterocycles. The number of amides is 1. The third kappa shape index (κ3) is 5.49. The van der Waals surface area contributed by atoms with Gasteiger partial charge in [0.05, 0.1) is 20.4 Å². The van der Waals surface area contributed by atoms with Crippen molar-refractivity contribution in [1.29, 1.82) is 0 Å². The predicted octanol–water partition coefficient (Wildman–Crippen LogP) is 5.20. The lowest BCUT2D eigenvalue weighted by Gasteiger charge is -2.09. The largest absolute Gasteiger partial charge is 0.497 e. The predicted molar refractivity (Wildman–Crippen MR) is 129 cm³/mol. The molecule has 0 saturated carbocycles. The van der Waals surface area contributed by atoms with Crippen LogP contribution in [0.15, 0.2) is 90.0 Å². The summed E-state index contributed by atoms with van der Waals surface area (Å²) in [6.45, 7) is 0.481. The molecule has 1 N–H and O–H groups in total. The second kappa shape index (κ2) is 10.3. The molecule has 0 atom stereocenters. The summed E-state index contributed by atoms with van der Waals surface area (Å²) in [5.74, 6) is 1.45. The summed E-state index contributed by atoms with van der Waals surface area (Å²) in [5.41, 5.74) is 4.87. The monoisotopic (exact) mass is 440 g/mol. The number of hydrazone groups is 1. The molecule has 0 fully saturated rings. The molecule has 6 heteroatoms. The maximum Gasteiger partial charge on any atom is 0.271 e. The molecule has 166 valence electrons. The van der Waals surface area contributed by atoms with Crippen LogP contribution >= 0.6 is 0 Å². The highest BCUT2D eigenvalue weighted by Gasteiger charge is 2.09. The number of nitrogens with one attached hydrogen (secondary N) is 1. The minimum absolute atomic E-state index is 0.363. The van der Waals surface area contributed by atoms with Crippen molar-refractivity contribution < 1.29 is 19.0 Å². The highest BCUT2D eigenvalue weighted by molar-refractivity contribution is 5.95. The van der Waals surface area contributed by atoms with Crippen molar-refractivity contribution in [3.8, 4) is 17.2 Å². The first-order valence-corrected chi connectivity index (χ1v) is 10.4. The van der Waals surface area contributed by atoms with Crippen molar-refractivity contribution in [3.05, 3.63) is 102 Å². The van der Waals surface area contributed by atoms with Gasteiger partial charge in [0.1, 0.15) is 23.9 Å². The Morgan fingerprint density at radius 3 is 2.27 bits per heavy atom. The zero-order valence-corrected chi connectivity index (χ0v) is 18.4. The summed E-state index contributed by atoms with van der Waals surface area (Å²) in [5, 5.41) is 6.42. The Bertz CT molecular complexity index is 1260. The summed E-state index contributed by atoms with van der Waals surface area (Å²) in [6, 6.07) is 26.9. The highest BCUT2D eigenvalue weighted by atomic mass is 16.5. The summed E-state index contributed by atoms with van der Waals surface area (Å²) >= 11 is 0. The molecule has 0 aliphatic heterocycles. The van der Waals surface area contributed by atoms with Crippen LogP contribution in [0, 0.1) is 0 Å². The Balaban J connectivity index is 1.35. The van der Waals surface area contributed by atoms with E-state index in [0.29, 0.717) is 23.7 Å². The quantitative estimate of drug-likeness (QED) is 0.302. The second-order valence-electron chi connectivity index (χ2n) is 7.30. The first-order valence-electron chi connectivity index (χ1n) is 10.4. The van der Waals surface area contributed by atoms with Crippen molar-refractivity contribution >= 4 is 22.9 Å². The fraction of sp³-hybridized carbons (Fsp3) is 0.111. The van der Waals surface area contributed by atoms with Crippen molar-refractivity contribution in [2.24, 2.45) is 5.10 Å². The zero-order chi connectivity index (χ0) is 23.0. The number of methoxy groups -OCH3 is 2. The molecular weight excluding hydrogens is 416 g/mol. The van der Waals surface area contributed by atoms with Crippen molar-refractivity contribution in [2.75, 3.05) is 14.2 Å². The SMILES string of the molecule is COc1cc(OC)cc(C(=O)N/N=C/c2ccc(OCc3cccc4ccccc34)cc2)c1. The van der Waals surface area contributed by atoms with Crippen LogP contribution in [-0.4, -0.2) is 26.3 Å². The zero-order valence-electron chi connectivity index (χ0n) is 18.4. The molecule has 0 aliphatic carbocycles. The fourth-order valence-electron chi connectivity index (χ4n) is 3.40. The Labute approximate surface area is 192 Å². The Kier molecular flexibility index (Phi) is 6.85. The van der Waals surface area contributed by atoms with E-state index >= 15 is 0 Å². The van der Waals surface area contributed by atoms with Gasteiger partial charge >= 0.3 is 0 Å². The van der Waals surface area contributed by atoms with Gasteiger partial charge in [0.15, 0.2) is 0 Å². The average molecular weight is 440 g/mol. The van der Waals surface area contributed by atoms with Gasteiger partial charge in [0, 0.05) is 11.6 Å². The van der Waals surface area contributed by atoms with Gasteiger partial charge in [-0.15, -0.1) is 0 Å². The molecule has 4 aromatic rings. The molecule has 0 aromatic heterocycles. The number of rotatable bonds is 8. The molecule has 0 heterocycles. The topological polar surface area (TPSA) is 69.2 Å². The molecular formula is C27H24N2O4. The minimum Gasteiger partial charge on any atom is -0.497 e. The van der Waals surface area contributed by atoms with Gasteiger partial charge in [-0.05, 0) is 58.3 Å². The van der Waals surface area contributed by atoms with Gasteiger partial charge in [-0.25, -0.2) is 5.43 Å². The Morgan fingerprint density at radius 2 is 1.55 bits per heavy atom. The number of ether oxygens (including phenoxy) is 3. The molecule has 4 rings (SSSR count). The number of fused-ring (bicyclic) bond motifs is 1. The first kappa shape index (κ1) is 21.9. The van der Waals surface area contributed by atoms with Crippen LogP contribution in [-0.2, 0) is 6.61 Å². The van der Waals surface area contributed by atoms with Gasteiger partial charge < -0.3 is 14.2 Å². The highest BCUT2D eigenvalue weighted by Crippen LogP contribution is 2.23. The summed E-state index contributed by atoms with van der Waals surface area (Å²) in [7, 11) is 3.06. The molecule has 0 bridgehead atoms. The van der Waals surface area contributed by atoms with Gasteiger partial charge in [-0.2, -0.15) is 5.10 Å². The molecule has 1 amide bonds. The van der Waals surface area contributed by atoms with Crippen molar-refractivity contribution in [3.63, 3.8) is 0 Å². The van der Waals surface area contributed by atoms with E-state index in [4.69, 9.17) is 14.2 Å². The molecule has 0 spiro atoms. The molecule has 0 aliphatic rings. The number of hydrogen-bond donors (Lipinski definition) is 1. The van der Waals surface area contributed by atoms with Crippen molar-refractivity contribution in [2.45, 2.75) is 6.61 Å². The molecule has 33 heavy (non-hydrogen) atoms. The lowest BCUT2D eigenvalue weighted by atomic mass is 10.1. The fourth-order valence-corrected chi connectivity index (χ4v) is 3.40. The van der Waals surface area contributed by atoms with Gasteiger partial charge in [-0.1, -0.05) is 42.5 Å². The molecule has 0 unspecified atom stereocenters. The second-order valence-corrected chi connectivity index (χ2v) is 7.30. The van der Waals surface area contributed by atoms with E-state index in [-0.39, 0.29) is 5.91 Å². The number of carbonyl (C=O) groups excluding carboxylic acids is 1. The van der Waals surface area contributed by atoms with E-state index in [0.717, 1.165) is 16.9 Å². The van der Waals surface area contributed by atoms with Crippen LogP contribution in [0.2, 0.25) is 0 Å². The molecule has 0 radical (unpaired) electrons. The third-order valence-electron chi connectivity index (χ3n) is 5.15. The number of benzene rings is 4. The van der Waals surface area contributed by atoms with E-state index in [1.54, 1.807) is 24.4 Å². The average Bonchev–Trinajstić information content (AvgIpc) is 2.87. The lowest BCUT2D eigenvalue weighted by Crippen LogP contribution is -2.17. The van der Waals surface area contributed by atoms with E-state index in [1.165, 1.54) is 25.0 Å². The van der Waals surface area contributed by atoms with E-state index in [9.17, 15) is 4.79 Å².